The number of aliphatic hydroxyl groups excluding tert-OH is 1. The second-order valence-corrected chi connectivity index (χ2v) is 7.46. The molecule has 33 heavy (non-hydrogen) atoms. The molecule has 7 nitrogen and oxygen atoms in total. The van der Waals surface area contributed by atoms with Gasteiger partial charge in [0.15, 0.2) is 0 Å². The summed E-state index contributed by atoms with van der Waals surface area (Å²) in [6.07, 6.45) is 2.84. The van der Waals surface area contributed by atoms with Crippen LogP contribution in [0.15, 0.2) is 54.9 Å². The number of alkyl halides is 2. The molecular formula is C23H20F3N3O4. The molecule has 4 rings (SSSR count). The van der Waals surface area contributed by atoms with E-state index in [-0.39, 0.29) is 17.7 Å². The van der Waals surface area contributed by atoms with E-state index in [9.17, 15) is 23.1 Å². The van der Waals surface area contributed by atoms with Gasteiger partial charge < -0.3 is 19.9 Å². The van der Waals surface area contributed by atoms with Crippen LogP contribution in [0.5, 0.6) is 5.88 Å². The van der Waals surface area contributed by atoms with Gasteiger partial charge in [-0.1, -0.05) is 6.07 Å². The third kappa shape index (κ3) is 5.29. The van der Waals surface area contributed by atoms with Gasteiger partial charge in [-0.2, -0.15) is 8.78 Å². The standard InChI is InChI=1S/C23H20F3N3O4/c24-16-2-4-17(5-3-16)29-22(31)21(15-11-32-12-15)19-6-1-13(8-27-19)18-9-28-20(33-23(25)26)7-14(18)10-30/h1-9,15,21,23,30H,10-12H2,(H,29,31). The number of nitrogens with zero attached hydrogens (tertiary/aromatic N) is 2. The molecule has 1 fully saturated rings. The third-order valence-corrected chi connectivity index (χ3v) is 5.29. The van der Waals surface area contributed by atoms with Crippen LogP contribution in [-0.4, -0.2) is 40.8 Å². The first-order valence-electron chi connectivity index (χ1n) is 10.1. The second-order valence-electron chi connectivity index (χ2n) is 7.46. The van der Waals surface area contributed by atoms with Crippen molar-refractivity contribution in [2.75, 3.05) is 18.5 Å². The lowest BCUT2D eigenvalue weighted by molar-refractivity contribution is -0.124. The molecule has 0 saturated carbocycles. The number of anilines is 1. The lowest BCUT2D eigenvalue weighted by Crippen LogP contribution is -2.39. The number of hydrogen-bond acceptors (Lipinski definition) is 6. The van der Waals surface area contributed by atoms with E-state index in [1.54, 1.807) is 12.1 Å². The van der Waals surface area contributed by atoms with Crippen LogP contribution in [0, 0.1) is 11.7 Å². The van der Waals surface area contributed by atoms with Crippen molar-refractivity contribution >= 4 is 11.6 Å². The number of amides is 1. The summed E-state index contributed by atoms with van der Waals surface area (Å²) in [6.45, 7) is -2.62. The topological polar surface area (TPSA) is 93.6 Å². The molecule has 1 saturated heterocycles. The zero-order chi connectivity index (χ0) is 23.4. The maximum atomic E-state index is 13.1. The molecule has 0 bridgehead atoms. The van der Waals surface area contributed by atoms with E-state index in [1.165, 1.54) is 42.7 Å². The van der Waals surface area contributed by atoms with Crippen LogP contribution < -0.4 is 10.1 Å². The van der Waals surface area contributed by atoms with E-state index in [0.29, 0.717) is 41.3 Å². The number of pyridine rings is 2. The van der Waals surface area contributed by atoms with Gasteiger partial charge in [0.2, 0.25) is 11.8 Å². The molecule has 1 amide bonds. The first-order chi connectivity index (χ1) is 15.9. The molecule has 0 spiro atoms. The van der Waals surface area contributed by atoms with Gasteiger partial charge in [-0.3, -0.25) is 9.78 Å². The molecule has 2 aromatic heterocycles. The fourth-order valence-corrected chi connectivity index (χ4v) is 3.56. The molecule has 1 aliphatic heterocycles. The van der Waals surface area contributed by atoms with Crippen LogP contribution in [0.3, 0.4) is 0 Å². The van der Waals surface area contributed by atoms with Crippen molar-refractivity contribution in [2.24, 2.45) is 5.92 Å². The molecule has 3 aromatic rings. The monoisotopic (exact) mass is 459 g/mol. The summed E-state index contributed by atoms with van der Waals surface area (Å²) in [5.74, 6) is -1.65. The maximum absolute atomic E-state index is 13.1. The van der Waals surface area contributed by atoms with Crippen LogP contribution in [0.1, 0.15) is 17.2 Å². The van der Waals surface area contributed by atoms with Gasteiger partial charge in [-0.15, -0.1) is 0 Å². The van der Waals surface area contributed by atoms with Crippen molar-refractivity contribution < 1.29 is 32.5 Å². The average Bonchev–Trinajstić information content (AvgIpc) is 2.77. The molecule has 172 valence electrons. The van der Waals surface area contributed by atoms with Gasteiger partial charge in [0.05, 0.1) is 31.4 Å². The van der Waals surface area contributed by atoms with Gasteiger partial charge >= 0.3 is 6.61 Å². The minimum absolute atomic E-state index is 0.0655. The van der Waals surface area contributed by atoms with Crippen LogP contribution in [-0.2, 0) is 16.1 Å². The summed E-state index contributed by atoms with van der Waals surface area (Å²) < 4.78 is 47.5. The Bertz CT molecular complexity index is 1110. The largest absolute Gasteiger partial charge is 0.417 e. The SMILES string of the molecule is O=C(Nc1ccc(F)cc1)C(c1ccc(-c2cnc(OC(F)F)cc2CO)cn1)C1COC1. The molecule has 1 atom stereocenters. The molecular weight excluding hydrogens is 439 g/mol. The molecule has 10 heteroatoms. The van der Waals surface area contributed by atoms with Crippen molar-refractivity contribution in [3.8, 4) is 17.0 Å². The fourth-order valence-electron chi connectivity index (χ4n) is 3.56. The highest BCUT2D eigenvalue weighted by atomic mass is 19.3. The lowest BCUT2D eigenvalue weighted by Gasteiger charge is -2.32. The van der Waals surface area contributed by atoms with Crippen molar-refractivity contribution in [3.63, 3.8) is 0 Å². The fraction of sp³-hybridized carbons (Fsp3) is 0.261. The Hall–Kier alpha value is -3.50. The Balaban J connectivity index is 1.57. The van der Waals surface area contributed by atoms with Gasteiger partial charge in [0, 0.05) is 41.2 Å². The average molecular weight is 459 g/mol. The van der Waals surface area contributed by atoms with E-state index in [1.807, 2.05) is 0 Å². The highest BCUT2D eigenvalue weighted by molar-refractivity contribution is 5.96. The van der Waals surface area contributed by atoms with Crippen LogP contribution in [0.25, 0.3) is 11.1 Å². The number of aliphatic hydroxyl groups is 1. The van der Waals surface area contributed by atoms with Crippen molar-refractivity contribution in [2.45, 2.75) is 19.1 Å². The first-order valence-corrected chi connectivity index (χ1v) is 10.1. The second kappa shape index (κ2) is 9.97. The number of carbonyl (C=O) groups excluding carboxylic acids is 1. The Morgan fingerprint density at radius 3 is 2.48 bits per heavy atom. The number of halogens is 3. The number of nitrogens with one attached hydrogen (secondary N) is 1. The Labute approximate surface area is 187 Å². The van der Waals surface area contributed by atoms with E-state index >= 15 is 0 Å². The summed E-state index contributed by atoms with van der Waals surface area (Å²) in [7, 11) is 0. The number of ether oxygens (including phenoxy) is 2. The van der Waals surface area contributed by atoms with Crippen molar-refractivity contribution in [3.05, 3.63) is 71.9 Å². The first kappa shape index (κ1) is 22.7. The molecule has 0 radical (unpaired) electrons. The number of hydrogen-bond donors (Lipinski definition) is 2. The Morgan fingerprint density at radius 2 is 1.91 bits per heavy atom. The Morgan fingerprint density at radius 1 is 1.15 bits per heavy atom. The predicted molar refractivity (Wildman–Crippen MR) is 112 cm³/mol. The highest BCUT2D eigenvalue weighted by Gasteiger charge is 2.36. The van der Waals surface area contributed by atoms with E-state index < -0.39 is 25.0 Å². The molecule has 1 aromatic carbocycles. The van der Waals surface area contributed by atoms with Crippen molar-refractivity contribution in [1.29, 1.82) is 0 Å². The highest BCUT2D eigenvalue weighted by Crippen LogP contribution is 2.32. The third-order valence-electron chi connectivity index (χ3n) is 5.29. The molecule has 0 aliphatic carbocycles. The summed E-state index contributed by atoms with van der Waals surface area (Å²) in [5, 5.41) is 12.4. The van der Waals surface area contributed by atoms with E-state index in [0.717, 1.165) is 0 Å². The molecule has 1 unspecified atom stereocenters. The number of aromatic nitrogens is 2. The summed E-state index contributed by atoms with van der Waals surface area (Å²) >= 11 is 0. The molecule has 2 N–H and O–H groups in total. The summed E-state index contributed by atoms with van der Waals surface area (Å²) in [5.41, 5.74) is 2.41. The minimum Gasteiger partial charge on any atom is -0.417 e. The minimum atomic E-state index is -3.02. The van der Waals surface area contributed by atoms with Gasteiger partial charge in [0.25, 0.3) is 0 Å². The predicted octanol–water partition coefficient (Wildman–Crippen LogP) is 3.75. The lowest BCUT2D eigenvalue weighted by atomic mass is 9.86. The zero-order valence-corrected chi connectivity index (χ0v) is 17.2. The Kier molecular flexibility index (Phi) is 6.85. The summed E-state index contributed by atoms with van der Waals surface area (Å²) in [4.78, 5) is 21.3. The maximum Gasteiger partial charge on any atom is 0.388 e. The number of benzene rings is 1. The van der Waals surface area contributed by atoms with Gasteiger partial charge in [-0.05, 0) is 35.9 Å². The normalized spacial score (nSPS) is 14.6. The molecule has 1 aliphatic rings. The number of rotatable bonds is 8. The summed E-state index contributed by atoms with van der Waals surface area (Å²) in [6, 6.07) is 10.1. The van der Waals surface area contributed by atoms with Crippen LogP contribution in [0.2, 0.25) is 0 Å². The molecule has 3 heterocycles. The van der Waals surface area contributed by atoms with E-state index in [4.69, 9.17) is 4.74 Å². The van der Waals surface area contributed by atoms with Gasteiger partial charge in [0.1, 0.15) is 5.82 Å². The quantitative estimate of drug-likeness (QED) is 0.533. The zero-order valence-electron chi connectivity index (χ0n) is 17.2. The smallest absolute Gasteiger partial charge is 0.388 e. The van der Waals surface area contributed by atoms with Crippen LogP contribution in [0.4, 0.5) is 18.9 Å². The van der Waals surface area contributed by atoms with E-state index in [2.05, 4.69) is 20.0 Å². The van der Waals surface area contributed by atoms with Crippen molar-refractivity contribution in [1.82, 2.24) is 9.97 Å². The number of carbonyl (C=O) groups is 1. The van der Waals surface area contributed by atoms with Crippen LogP contribution >= 0.6 is 0 Å². The van der Waals surface area contributed by atoms with Gasteiger partial charge in [-0.25, -0.2) is 9.37 Å².